The molecule has 2 amide bonds. The molecule has 6 aromatic rings. The van der Waals surface area contributed by atoms with Gasteiger partial charge < -0.3 is 0 Å². The van der Waals surface area contributed by atoms with Gasteiger partial charge in [0.15, 0.2) is 0 Å². The number of fused-ring (bicyclic) bond motifs is 2. The third kappa shape index (κ3) is 5.85. The number of anilines is 4. The van der Waals surface area contributed by atoms with Crippen molar-refractivity contribution < 1.29 is 9.59 Å². The first-order chi connectivity index (χ1) is 26.4. The number of amides is 2. The standard InChI is InChI=1S/C44H24N6O2S2/c45-23-29(24-46)39-17-13-33(53-39)19-27-11-15-35-37(21-27)49(31-7-3-1-4-8-31)43(51)41(35)42-36-16-12-28(20-34-14-18-40(54-34)30(25-47)26-48)22-38(36)50(44(42)52)32-9-5-2-6-10-32/h1-22,41-42H/b33-19+,34-20+. The van der Waals surface area contributed by atoms with Crippen molar-refractivity contribution >= 4 is 80.5 Å². The molecule has 0 saturated heterocycles. The monoisotopic (exact) mass is 732 g/mol. The van der Waals surface area contributed by atoms with E-state index in [0.29, 0.717) is 31.8 Å². The number of carbonyl (C=O) groups is 2. The van der Waals surface area contributed by atoms with Crippen molar-refractivity contribution in [2.75, 3.05) is 9.80 Å². The van der Waals surface area contributed by atoms with Crippen molar-refractivity contribution in [3.63, 3.8) is 0 Å². The fraction of sp³-hybridized carbons (Fsp3) is 0.0455. The number of nitriles is 4. The van der Waals surface area contributed by atoms with Gasteiger partial charge in [-0.3, -0.25) is 19.4 Å². The van der Waals surface area contributed by atoms with E-state index in [2.05, 4.69) is 0 Å². The molecular formula is C44H24N6O2S2. The molecule has 4 aromatic carbocycles. The van der Waals surface area contributed by atoms with Crippen LogP contribution < -0.4 is 27.9 Å². The molecule has 0 aliphatic carbocycles. The Bertz CT molecular complexity index is 2720. The van der Waals surface area contributed by atoms with Gasteiger partial charge in [-0.1, -0.05) is 60.7 Å². The zero-order valence-electron chi connectivity index (χ0n) is 28.2. The lowest BCUT2D eigenvalue weighted by Crippen LogP contribution is -2.32. The molecule has 8 rings (SSSR count). The average Bonchev–Trinajstić information content (AvgIpc) is 3.97. The number of carbonyl (C=O) groups excluding carboxylic acids is 2. The summed E-state index contributed by atoms with van der Waals surface area (Å²) in [6.07, 6.45) is 3.89. The first-order valence-electron chi connectivity index (χ1n) is 16.7. The lowest BCUT2D eigenvalue weighted by atomic mass is 9.82. The van der Waals surface area contributed by atoms with E-state index in [9.17, 15) is 30.6 Å². The Morgan fingerprint density at radius 2 is 0.907 bits per heavy atom. The molecule has 0 saturated carbocycles. The first-order valence-corrected chi connectivity index (χ1v) is 18.4. The van der Waals surface area contributed by atoms with Gasteiger partial charge in [-0.2, -0.15) is 21.0 Å². The second-order valence-electron chi connectivity index (χ2n) is 12.5. The maximum Gasteiger partial charge on any atom is 0.240 e. The summed E-state index contributed by atoms with van der Waals surface area (Å²) in [5.74, 6) is -2.05. The van der Waals surface area contributed by atoms with Crippen LogP contribution in [0.1, 0.15) is 34.1 Å². The van der Waals surface area contributed by atoms with E-state index in [1.807, 2.05) is 146 Å². The Hall–Kier alpha value is -7.34. The Morgan fingerprint density at radius 1 is 0.519 bits per heavy atom. The van der Waals surface area contributed by atoms with Gasteiger partial charge in [0.25, 0.3) is 0 Å². The van der Waals surface area contributed by atoms with E-state index < -0.39 is 11.8 Å². The van der Waals surface area contributed by atoms with E-state index in [0.717, 1.165) is 31.3 Å². The molecule has 254 valence electrons. The summed E-state index contributed by atoms with van der Waals surface area (Å²) in [6, 6.07) is 45.3. The van der Waals surface area contributed by atoms with Crippen LogP contribution in [0, 0.1) is 45.3 Å². The van der Waals surface area contributed by atoms with Gasteiger partial charge in [0, 0.05) is 20.4 Å². The molecule has 0 radical (unpaired) electrons. The van der Waals surface area contributed by atoms with E-state index in [-0.39, 0.29) is 23.0 Å². The Labute approximate surface area is 317 Å². The first kappa shape index (κ1) is 33.8. The minimum Gasteiger partial charge on any atom is -0.280 e. The largest absolute Gasteiger partial charge is 0.280 e. The van der Waals surface area contributed by atoms with Gasteiger partial charge >= 0.3 is 0 Å². The van der Waals surface area contributed by atoms with Crippen LogP contribution in [0.15, 0.2) is 121 Å². The van der Waals surface area contributed by atoms with Crippen molar-refractivity contribution in [2.45, 2.75) is 11.8 Å². The maximum absolute atomic E-state index is 14.8. The van der Waals surface area contributed by atoms with Gasteiger partial charge in [-0.05, 0) is 95.1 Å². The van der Waals surface area contributed by atoms with E-state index in [1.54, 1.807) is 21.9 Å². The second-order valence-corrected chi connectivity index (χ2v) is 14.7. The average molecular weight is 733 g/mol. The number of hydrogen-bond acceptors (Lipinski definition) is 8. The summed E-state index contributed by atoms with van der Waals surface area (Å²) >= 11 is 2.67. The van der Waals surface area contributed by atoms with Crippen molar-refractivity contribution in [3.05, 3.63) is 162 Å². The molecule has 2 aliphatic rings. The fourth-order valence-corrected chi connectivity index (χ4v) is 8.88. The third-order valence-electron chi connectivity index (χ3n) is 9.41. The molecule has 4 heterocycles. The summed E-state index contributed by atoms with van der Waals surface area (Å²) in [7, 11) is 0. The molecule has 2 aromatic heterocycles. The Kier molecular flexibility index (Phi) is 8.76. The molecule has 0 fully saturated rings. The smallest absolute Gasteiger partial charge is 0.240 e. The molecule has 0 bridgehead atoms. The number of rotatable bonds is 5. The number of nitrogens with zero attached hydrogens (tertiary/aromatic N) is 6. The van der Waals surface area contributed by atoms with Gasteiger partial charge in [-0.25, -0.2) is 0 Å². The highest BCUT2D eigenvalue weighted by Gasteiger charge is 2.51. The van der Waals surface area contributed by atoms with E-state index >= 15 is 0 Å². The highest BCUT2D eigenvalue weighted by Crippen LogP contribution is 2.54. The zero-order chi connectivity index (χ0) is 37.3. The van der Waals surface area contributed by atoms with Crippen molar-refractivity contribution in [2.24, 2.45) is 0 Å². The molecule has 2 unspecified atom stereocenters. The summed E-state index contributed by atoms with van der Waals surface area (Å²) < 4.78 is 2.86. The lowest BCUT2D eigenvalue weighted by molar-refractivity contribution is -0.124. The van der Waals surface area contributed by atoms with Gasteiger partial charge in [-0.15, -0.1) is 22.7 Å². The Morgan fingerprint density at radius 3 is 1.28 bits per heavy atom. The Balaban J connectivity index is 1.27. The molecule has 10 heteroatoms. The van der Waals surface area contributed by atoms with Crippen LogP contribution in [0.5, 0.6) is 0 Å². The second kappa shape index (κ2) is 14.0. The van der Waals surface area contributed by atoms with Crippen molar-refractivity contribution in [1.29, 1.82) is 21.0 Å². The van der Waals surface area contributed by atoms with Gasteiger partial charge in [0.05, 0.1) is 32.3 Å². The number of para-hydroxylation sites is 2. The van der Waals surface area contributed by atoms with Crippen LogP contribution in [0.3, 0.4) is 0 Å². The highest BCUT2D eigenvalue weighted by atomic mass is 32.1. The van der Waals surface area contributed by atoms with Crippen LogP contribution in [0.4, 0.5) is 22.7 Å². The van der Waals surface area contributed by atoms with Crippen LogP contribution >= 0.6 is 22.7 Å². The molecular weight excluding hydrogens is 709 g/mol. The van der Waals surface area contributed by atoms with Crippen molar-refractivity contribution in [3.8, 4) is 24.3 Å². The number of thiophene rings is 2. The topological polar surface area (TPSA) is 136 Å². The molecule has 8 nitrogen and oxygen atoms in total. The predicted octanol–water partition coefficient (Wildman–Crippen LogP) is 6.09. The predicted molar refractivity (Wildman–Crippen MR) is 209 cm³/mol. The maximum atomic E-state index is 14.8. The molecule has 54 heavy (non-hydrogen) atoms. The minimum absolute atomic E-state index is 0.0532. The minimum atomic E-state index is -0.813. The summed E-state index contributed by atoms with van der Waals surface area (Å²) in [5, 5.41) is 37.3. The summed E-state index contributed by atoms with van der Waals surface area (Å²) in [4.78, 5) is 33.0. The normalized spacial score (nSPS) is 16.3. The van der Waals surface area contributed by atoms with Gasteiger partial charge in [0.2, 0.25) is 11.8 Å². The highest BCUT2D eigenvalue weighted by molar-refractivity contribution is 7.08. The molecule has 0 spiro atoms. The summed E-state index contributed by atoms with van der Waals surface area (Å²) in [6.45, 7) is 0. The quantitative estimate of drug-likeness (QED) is 0.211. The SMILES string of the molecule is N#CC(C#N)=c1cc/c(=C\c2ccc3c(c2)N(c2ccccc2)C(=O)C3C2C(=O)N(c3ccccc3)c3cc(/C=c4\ccc(=C(C#N)C#N)s4)ccc32)s1. The fourth-order valence-electron chi connectivity index (χ4n) is 7.06. The van der Waals surface area contributed by atoms with Gasteiger partial charge in [0.1, 0.15) is 35.4 Å². The number of benzene rings is 4. The molecule has 2 atom stereocenters. The lowest BCUT2D eigenvalue weighted by Gasteiger charge is -2.21. The molecule has 0 N–H and O–H groups in total. The number of hydrogen-bond donors (Lipinski definition) is 0. The molecule has 2 aliphatic heterocycles. The zero-order valence-corrected chi connectivity index (χ0v) is 29.8. The van der Waals surface area contributed by atoms with Crippen LogP contribution in [0.2, 0.25) is 0 Å². The van der Waals surface area contributed by atoms with Crippen LogP contribution in [0.25, 0.3) is 23.3 Å². The summed E-state index contributed by atoms with van der Waals surface area (Å²) in [5.41, 5.74) is 5.95. The van der Waals surface area contributed by atoms with Crippen LogP contribution in [-0.4, -0.2) is 11.8 Å². The van der Waals surface area contributed by atoms with Crippen LogP contribution in [-0.2, 0) is 9.59 Å². The van der Waals surface area contributed by atoms with Crippen molar-refractivity contribution in [1.82, 2.24) is 0 Å². The third-order valence-corrected chi connectivity index (χ3v) is 11.5. The van der Waals surface area contributed by atoms with E-state index in [4.69, 9.17) is 0 Å². The van der Waals surface area contributed by atoms with E-state index in [1.165, 1.54) is 22.7 Å².